The quantitative estimate of drug-likeness (QED) is 0.887. The fourth-order valence-corrected chi connectivity index (χ4v) is 3.89. The lowest BCUT2D eigenvalue weighted by molar-refractivity contribution is -0.126. The molecule has 1 unspecified atom stereocenters. The molecule has 2 fully saturated rings. The summed E-state index contributed by atoms with van der Waals surface area (Å²) >= 11 is 6.19. The average molecular weight is 323 g/mol. The van der Waals surface area contributed by atoms with Crippen molar-refractivity contribution in [2.24, 2.45) is 17.6 Å². The number of nitrogens with one attached hydrogen (secondary N) is 1. The van der Waals surface area contributed by atoms with E-state index in [1.807, 2.05) is 12.1 Å². The highest BCUT2D eigenvalue weighted by molar-refractivity contribution is 6.32. The maximum atomic E-state index is 12.5. The topological polar surface area (TPSA) is 71.2 Å². The van der Waals surface area contributed by atoms with E-state index in [1.165, 1.54) is 0 Å². The Morgan fingerprint density at radius 1 is 1.45 bits per heavy atom. The van der Waals surface area contributed by atoms with E-state index in [0.717, 1.165) is 44.6 Å². The normalized spacial score (nSPS) is 28.1. The van der Waals surface area contributed by atoms with Gasteiger partial charge in [-0.05, 0) is 43.9 Å². The summed E-state index contributed by atoms with van der Waals surface area (Å²) in [4.78, 5) is 18.9. The zero-order valence-corrected chi connectivity index (χ0v) is 13.4. The summed E-state index contributed by atoms with van der Waals surface area (Å²) in [6, 6.07) is 3.85. The zero-order valence-electron chi connectivity index (χ0n) is 12.7. The number of aromatic nitrogens is 1. The molecule has 22 heavy (non-hydrogen) atoms. The van der Waals surface area contributed by atoms with Crippen molar-refractivity contribution in [1.29, 1.82) is 0 Å². The van der Waals surface area contributed by atoms with Crippen molar-refractivity contribution in [3.05, 3.63) is 23.4 Å². The lowest BCUT2D eigenvalue weighted by atomic mass is 9.95. The third-order valence-electron chi connectivity index (χ3n) is 4.87. The first kappa shape index (κ1) is 15.6. The van der Waals surface area contributed by atoms with Gasteiger partial charge < -0.3 is 16.0 Å². The van der Waals surface area contributed by atoms with Gasteiger partial charge in [0.25, 0.3) is 0 Å². The van der Waals surface area contributed by atoms with Gasteiger partial charge in [-0.25, -0.2) is 4.98 Å². The molecular weight excluding hydrogens is 300 g/mol. The van der Waals surface area contributed by atoms with E-state index in [4.69, 9.17) is 17.3 Å². The first-order chi connectivity index (χ1) is 10.7. The van der Waals surface area contributed by atoms with Gasteiger partial charge in [0, 0.05) is 31.2 Å². The number of nitrogens with zero attached hydrogens (tertiary/aromatic N) is 2. The fourth-order valence-electron chi connectivity index (χ4n) is 3.65. The van der Waals surface area contributed by atoms with Crippen molar-refractivity contribution < 1.29 is 4.79 Å². The third-order valence-corrected chi connectivity index (χ3v) is 5.17. The molecule has 1 amide bonds. The number of hydrogen-bond donors (Lipinski definition) is 2. The molecule has 0 radical (unpaired) electrons. The van der Waals surface area contributed by atoms with Crippen molar-refractivity contribution in [1.82, 2.24) is 10.3 Å². The minimum Gasteiger partial charge on any atom is -0.353 e. The van der Waals surface area contributed by atoms with Crippen LogP contribution in [0.5, 0.6) is 0 Å². The van der Waals surface area contributed by atoms with Gasteiger partial charge >= 0.3 is 0 Å². The number of hydrogen-bond acceptors (Lipinski definition) is 4. The SMILES string of the molecule is NC[C@H]1CCC[C@H]1C(=O)NC1CCN(c2ncccc2Cl)C1. The molecule has 120 valence electrons. The van der Waals surface area contributed by atoms with Gasteiger partial charge in [0.2, 0.25) is 5.91 Å². The molecular formula is C16H23ClN4O. The van der Waals surface area contributed by atoms with Crippen molar-refractivity contribution in [2.75, 3.05) is 24.5 Å². The molecule has 1 saturated heterocycles. The third kappa shape index (κ3) is 3.20. The number of nitrogens with two attached hydrogens (primary N) is 1. The second-order valence-electron chi connectivity index (χ2n) is 6.28. The molecule has 2 aliphatic rings. The Kier molecular flexibility index (Phi) is 4.84. The summed E-state index contributed by atoms with van der Waals surface area (Å²) in [5.41, 5.74) is 5.77. The van der Waals surface area contributed by atoms with Gasteiger partial charge in [0.15, 0.2) is 0 Å². The number of rotatable bonds is 4. The van der Waals surface area contributed by atoms with Crippen LogP contribution in [0.1, 0.15) is 25.7 Å². The molecule has 1 aliphatic heterocycles. The van der Waals surface area contributed by atoms with E-state index >= 15 is 0 Å². The number of halogens is 1. The highest BCUT2D eigenvalue weighted by Crippen LogP contribution is 2.31. The molecule has 1 aliphatic carbocycles. The first-order valence-corrected chi connectivity index (χ1v) is 8.42. The Morgan fingerprint density at radius 2 is 2.32 bits per heavy atom. The summed E-state index contributed by atoms with van der Waals surface area (Å²) < 4.78 is 0. The predicted octanol–water partition coefficient (Wildman–Crippen LogP) is 1.80. The van der Waals surface area contributed by atoms with Crippen LogP contribution >= 0.6 is 11.6 Å². The Hall–Kier alpha value is -1.33. The highest BCUT2D eigenvalue weighted by Gasteiger charge is 2.34. The van der Waals surface area contributed by atoms with Crippen LogP contribution in [0.4, 0.5) is 5.82 Å². The minimum atomic E-state index is 0.0949. The monoisotopic (exact) mass is 322 g/mol. The van der Waals surface area contributed by atoms with Crippen LogP contribution in [0.3, 0.4) is 0 Å². The molecule has 0 spiro atoms. The van der Waals surface area contributed by atoms with Gasteiger partial charge in [-0.1, -0.05) is 18.0 Å². The smallest absolute Gasteiger partial charge is 0.223 e. The molecule has 1 aromatic heterocycles. The molecule has 3 atom stereocenters. The molecule has 6 heteroatoms. The van der Waals surface area contributed by atoms with E-state index < -0.39 is 0 Å². The minimum absolute atomic E-state index is 0.0949. The molecule has 3 rings (SSSR count). The van der Waals surface area contributed by atoms with Crippen LogP contribution in [-0.4, -0.2) is 36.6 Å². The molecule has 0 bridgehead atoms. The number of pyridine rings is 1. The van der Waals surface area contributed by atoms with E-state index in [-0.39, 0.29) is 17.9 Å². The predicted molar refractivity (Wildman–Crippen MR) is 87.9 cm³/mol. The first-order valence-electron chi connectivity index (χ1n) is 8.05. The van der Waals surface area contributed by atoms with Gasteiger partial charge in [0.1, 0.15) is 5.82 Å². The average Bonchev–Trinajstić information content (AvgIpc) is 3.16. The van der Waals surface area contributed by atoms with Crippen LogP contribution in [0.2, 0.25) is 5.02 Å². The van der Waals surface area contributed by atoms with Crippen molar-refractivity contribution in [3.63, 3.8) is 0 Å². The van der Waals surface area contributed by atoms with Gasteiger partial charge in [0.05, 0.1) is 5.02 Å². The Bertz CT molecular complexity index is 539. The number of carbonyl (C=O) groups is 1. The van der Waals surface area contributed by atoms with Gasteiger partial charge in [-0.15, -0.1) is 0 Å². The van der Waals surface area contributed by atoms with Crippen LogP contribution in [0.25, 0.3) is 0 Å². The Morgan fingerprint density at radius 3 is 3.09 bits per heavy atom. The Labute approximate surface area is 136 Å². The maximum absolute atomic E-state index is 12.5. The fraction of sp³-hybridized carbons (Fsp3) is 0.625. The Balaban J connectivity index is 1.57. The summed E-state index contributed by atoms with van der Waals surface area (Å²) in [5.74, 6) is 1.42. The van der Waals surface area contributed by atoms with Crippen LogP contribution in [0.15, 0.2) is 18.3 Å². The lowest BCUT2D eigenvalue weighted by Gasteiger charge is -2.22. The lowest BCUT2D eigenvalue weighted by Crippen LogP contribution is -2.42. The molecule has 1 saturated carbocycles. The summed E-state index contributed by atoms with van der Waals surface area (Å²) in [7, 11) is 0. The number of amides is 1. The zero-order chi connectivity index (χ0) is 15.5. The van der Waals surface area contributed by atoms with E-state index in [0.29, 0.717) is 17.5 Å². The van der Waals surface area contributed by atoms with Crippen LogP contribution in [0, 0.1) is 11.8 Å². The maximum Gasteiger partial charge on any atom is 0.223 e. The number of carbonyl (C=O) groups excluding carboxylic acids is 1. The van der Waals surface area contributed by atoms with Gasteiger partial charge in [-0.3, -0.25) is 4.79 Å². The van der Waals surface area contributed by atoms with E-state index in [2.05, 4.69) is 15.2 Å². The summed E-state index contributed by atoms with van der Waals surface area (Å²) in [5, 5.41) is 3.86. The molecule has 1 aromatic rings. The van der Waals surface area contributed by atoms with Crippen LogP contribution in [-0.2, 0) is 4.79 Å². The second kappa shape index (κ2) is 6.84. The van der Waals surface area contributed by atoms with E-state index in [9.17, 15) is 4.79 Å². The summed E-state index contributed by atoms with van der Waals surface area (Å²) in [6.07, 6.45) is 5.83. The van der Waals surface area contributed by atoms with Crippen molar-refractivity contribution >= 4 is 23.3 Å². The van der Waals surface area contributed by atoms with Crippen LogP contribution < -0.4 is 16.0 Å². The molecule has 0 aromatic carbocycles. The molecule has 5 nitrogen and oxygen atoms in total. The second-order valence-corrected chi connectivity index (χ2v) is 6.69. The van der Waals surface area contributed by atoms with Gasteiger partial charge in [-0.2, -0.15) is 0 Å². The molecule has 2 heterocycles. The highest BCUT2D eigenvalue weighted by atomic mass is 35.5. The number of anilines is 1. The van der Waals surface area contributed by atoms with E-state index in [1.54, 1.807) is 6.20 Å². The standard InChI is InChI=1S/C16H23ClN4O/c17-14-5-2-7-19-15(14)21-8-6-12(10-21)20-16(22)13-4-1-3-11(13)9-18/h2,5,7,11-13H,1,3-4,6,8-10,18H2,(H,20,22)/t11-,12?,13-/m1/s1. The summed E-state index contributed by atoms with van der Waals surface area (Å²) in [6.45, 7) is 2.24. The molecule has 3 N–H and O–H groups in total. The van der Waals surface area contributed by atoms with Crippen molar-refractivity contribution in [3.8, 4) is 0 Å². The van der Waals surface area contributed by atoms with Crippen molar-refractivity contribution in [2.45, 2.75) is 31.7 Å². The largest absolute Gasteiger partial charge is 0.353 e.